The Bertz CT molecular complexity index is 665. The number of rotatable bonds is 4. The molecule has 1 saturated heterocycles. The molecule has 0 radical (unpaired) electrons. The Morgan fingerprint density at radius 1 is 1.36 bits per heavy atom. The van der Waals surface area contributed by atoms with Gasteiger partial charge in [0, 0.05) is 18.8 Å². The first-order valence-corrected chi connectivity index (χ1v) is 7.16. The third kappa shape index (κ3) is 3.82. The summed E-state index contributed by atoms with van der Waals surface area (Å²) in [7, 11) is 0. The average Bonchev–Trinajstić information content (AvgIpc) is 2.95. The van der Waals surface area contributed by atoms with Gasteiger partial charge in [-0.05, 0) is 25.9 Å². The maximum atomic E-state index is 11.8. The lowest BCUT2D eigenvalue weighted by Gasteiger charge is -2.22. The van der Waals surface area contributed by atoms with Crippen molar-refractivity contribution in [3.05, 3.63) is 27.0 Å². The van der Waals surface area contributed by atoms with Gasteiger partial charge in [-0.3, -0.25) is 24.3 Å². The second-order valence-corrected chi connectivity index (χ2v) is 5.07. The van der Waals surface area contributed by atoms with E-state index in [4.69, 9.17) is 0 Å². The minimum atomic E-state index is -0.946. The van der Waals surface area contributed by atoms with Crippen LogP contribution in [0.4, 0.5) is 5.69 Å². The van der Waals surface area contributed by atoms with Gasteiger partial charge in [0.25, 0.3) is 5.56 Å². The number of anilines is 1. The van der Waals surface area contributed by atoms with Gasteiger partial charge in [0.15, 0.2) is 0 Å². The minimum Gasteiger partial charge on any atom is -0.346 e. The summed E-state index contributed by atoms with van der Waals surface area (Å²) in [4.78, 5) is 52.2. The smallest absolute Gasteiger partial charge is 0.325 e. The largest absolute Gasteiger partial charge is 0.346 e. The molecule has 1 aliphatic heterocycles. The Balaban J connectivity index is 1.88. The summed E-state index contributed by atoms with van der Waals surface area (Å²) in [5, 5.41) is 4.72. The SMILES string of the molecule is CCN1CCC[C@H]1CNC(=O)C(=O)Nc1c[nH]c(=O)[nH]c1=O. The summed E-state index contributed by atoms with van der Waals surface area (Å²) in [6, 6.07) is 0.234. The predicted octanol–water partition coefficient (Wildman–Crippen LogP) is -1.40. The van der Waals surface area contributed by atoms with E-state index in [1.807, 2.05) is 4.98 Å². The van der Waals surface area contributed by atoms with Gasteiger partial charge in [-0.25, -0.2) is 4.79 Å². The molecule has 0 bridgehead atoms. The van der Waals surface area contributed by atoms with Crippen molar-refractivity contribution in [1.82, 2.24) is 20.2 Å². The molecule has 1 fully saturated rings. The van der Waals surface area contributed by atoms with Crippen LogP contribution in [0.25, 0.3) is 0 Å². The van der Waals surface area contributed by atoms with Gasteiger partial charge in [0.05, 0.1) is 0 Å². The van der Waals surface area contributed by atoms with Crippen molar-refractivity contribution in [2.24, 2.45) is 0 Å². The van der Waals surface area contributed by atoms with Gasteiger partial charge in [-0.2, -0.15) is 0 Å². The van der Waals surface area contributed by atoms with Gasteiger partial charge in [0.2, 0.25) is 0 Å². The number of likely N-dealkylation sites (tertiary alicyclic amines) is 1. The zero-order chi connectivity index (χ0) is 16.1. The molecule has 1 atom stereocenters. The van der Waals surface area contributed by atoms with E-state index in [0.717, 1.165) is 32.1 Å². The Hall–Kier alpha value is -2.42. The van der Waals surface area contributed by atoms with Crippen molar-refractivity contribution in [3.63, 3.8) is 0 Å². The predicted molar refractivity (Wildman–Crippen MR) is 79.6 cm³/mol. The summed E-state index contributed by atoms with van der Waals surface area (Å²) in [6.07, 6.45) is 3.10. The van der Waals surface area contributed by atoms with Crippen LogP contribution in [-0.2, 0) is 9.59 Å². The lowest BCUT2D eigenvalue weighted by molar-refractivity contribution is -0.136. The molecule has 4 N–H and O–H groups in total. The third-order valence-corrected chi connectivity index (χ3v) is 3.68. The molecule has 120 valence electrons. The van der Waals surface area contributed by atoms with E-state index in [1.165, 1.54) is 0 Å². The lowest BCUT2D eigenvalue weighted by Crippen LogP contribution is -2.44. The van der Waals surface area contributed by atoms with Crippen LogP contribution in [0.2, 0.25) is 0 Å². The van der Waals surface area contributed by atoms with Crippen LogP contribution in [0.3, 0.4) is 0 Å². The molecule has 0 unspecified atom stereocenters. The van der Waals surface area contributed by atoms with E-state index < -0.39 is 23.1 Å². The van der Waals surface area contributed by atoms with Gasteiger partial charge < -0.3 is 15.6 Å². The number of nitrogens with one attached hydrogen (secondary N) is 4. The molecule has 0 spiro atoms. The van der Waals surface area contributed by atoms with Crippen molar-refractivity contribution in [2.45, 2.75) is 25.8 Å². The van der Waals surface area contributed by atoms with Crippen molar-refractivity contribution >= 4 is 17.5 Å². The fraction of sp³-hybridized carbons (Fsp3) is 0.538. The van der Waals surface area contributed by atoms with Crippen molar-refractivity contribution in [1.29, 1.82) is 0 Å². The van der Waals surface area contributed by atoms with Gasteiger partial charge in [0.1, 0.15) is 5.69 Å². The summed E-state index contributed by atoms with van der Waals surface area (Å²) >= 11 is 0. The molecular weight excluding hydrogens is 290 g/mol. The second kappa shape index (κ2) is 7.03. The number of carbonyl (C=O) groups excluding carboxylic acids is 2. The van der Waals surface area contributed by atoms with E-state index in [9.17, 15) is 19.2 Å². The molecule has 0 aliphatic carbocycles. The summed E-state index contributed by atoms with van der Waals surface area (Å²) in [5.74, 6) is -1.76. The standard InChI is InChI=1S/C13H19N5O4/c1-2-18-5-3-4-8(18)6-14-11(20)12(21)16-9-7-15-13(22)17-10(9)19/h7-8H,2-6H2,1H3,(H,14,20)(H,16,21)(H2,15,17,19,22)/t8-/m0/s1. The van der Waals surface area contributed by atoms with Crippen LogP contribution in [0, 0.1) is 0 Å². The molecule has 9 nitrogen and oxygen atoms in total. The molecule has 0 saturated carbocycles. The molecule has 2 amide bonds. The van der Waals surface area contributed by atoms with Crippen LogP contribution >= 0.6 is 0 Å². The number of hydrogen-bond acceptors (Lipinski definition) is 5. The normalized spacial score (nSPS) is 18.1. The zero-order valence-electron chi connectivity index (χ0n) is 12.3. The molecule has 22 heavy (non-hydrogen) atoms. The summed E-state index contributed by atoms with van der Waals surface area (Å²) in [5.41, 5.74) is -1.64. The van der Waals surface area contributed by atoms with E-state index in [2.05, 4.69) is 27.4 Å². The highest BCUT2D eigenvalue weighted by atomic mass is 16.2. The van der Waals surface area contributed by atoms with E-state index in [1.54, 1.807) is 0 Å². The van der Waals surface area contributed by atoms with Crippen molar-refractivity contribution in [2.75, 3.05) is 25.0 Å². The highest BCUT2D eigenvalue weighted by molar-refractivity contribution is 6.39. The van der Waals surface area contributed by atoms with Crippen LogP contribution in [0.15, 0.2) is 15.8 Å². The first kappa shape index (κ1) is 16.0. The fourth-order valence-corrected chi connectivity index (χ4v) is 2.52. The first-order chi connectivity index (χ1) is 10.5. The van der Waals surface area contributed by atoms with Crippen LogP contribution in [0.1, 0.15) is 19.8 Å². The first-order valence-electron chi connectivity index (χ1n) is 7.16. The Kier molecular flexibility index (Phi) is 5.10. The molecule has 1 aliphatic rings. The highest BCUT2D eigenvalue weighted by Crippen LogP contribution is 2.15. The van der Waals surface area contributed by atoms with Gasteiger partial charge in [-0.15, -0.1) is 0 Å². The van der Waals surface area contributed by atoms with E-state index in [0.29, 0.717) is 6.54 Å². The topological polar surface area (TPSA) is 127 Å². The third-order valence-electron chi connectivity index (χ3n) is 3.68. The van der Waals surface area contributed by atoms with Crippen molar-refractivity contribution < 1.29 is 9.59 Å². The number of aromatic nitrogens is 2. The number of carbonyl (C=O) groups is 2. The average molecular weight is 309 g/mol. The van der Waals surface area contributed by atoms with Crippen LogP contribution in [0.5, 0.6) is 0 Å². The lowest BCUT2D eigenvalue weighted by atomic mass is 10.2. The molecule has 2 heterocycles. The monoisotopic (exact) mass is 309 g/mol. The Morgan fingerprint density at radius 3 is 2.82 bits per heavy atom. The zero-order valence-corrected chi connectivity index (χ0v) is 12.3. The number of H-pyrrole nitrogens is 2. The van der Waals surface area contributed by atoms with Gasteiger partial charge in [-0.1, -0.05) is 6.92 Å². The number of amides is 2. The quantitative estimate of drug-likeness (QED) is 0.509. The summed E-state index contributed by atoms with van der Waals surface area (Å²) < 4.78 is 0. The minimum absolute atomic E-state index is 0.184. The Morgan fingerprint density at radius 2 is 2.14 bits per heavy atom. The highest BCUT2D eigenvalue weighted by Gasteiger charge is 2.24. The maximum Gasteiger partial charge on any atom is 0.325 e. The molecular formula is C13H19N5O4. The summed E-state index contributed by atoms with van der Waals surface area (Å²) in [6.45, 7) is 4.34. The number of nitrogens with zero attached hydrogens (tertiary/aromatic N) is 1. The maximum absolute atomic E-state index is 11.8. The second-order valence-electron chi connectivity index (χ2n) is 5.07. The van der Waals surface area contributed by atoms with Crippen LogP contribution < -0.4 is 21.9 Å². The fourth-order valence-electron chi connectivity index (χ4n) is 2.52. The molecule has 0 aromatic carbocycles. The molecule has 9 heteroatoms. The molecule has 1 aromatic heterocycles. The van der Waals surface area contributed by atoms with E-state index in [-0.39, 0.29) is 11.7 Å². The number of likely N-dealkylation sites (N-methyl/N-ethyl adjacent to an activating group) is 1. The number of aromatic amines is 2. The van der Waals surface area contributed by atoms with Crippen molar-refractivity contribution in [3.8, 4) is 0 Å². The van der Waals surface area contributed by atoms with E-state index >= 15 is 0 Å². The Labute approximate surface area is 126 Å². The molecule has 1 aromatic rings. The van der Waals surface area contributed by atoms with Gasteiger partial charge >= 0.3 is 17.5 Å². The number of hydrogen-bond donors (Lipinski definition) is 4. The van der Waals surface area contributed by atoms with Crippen LogP contribution in [-0.4, -0.2) is 52.4 Å². The molecule has 2 rings (SSSR count).